The smallest absolute Gasteiger partial charge is 0.316 e. The highest BCUT2D eigenvalue weighted by molar-refractivity contribution is 7.90. The van der Waals surface area contributed by atoms with Gasteiger partial charge in [-0.25, -0.2) is 17.9 Å². The molecule has 5 atom stereocenters. The molecule has 3 aliphatic carbocycles. The molecule has 3 saturated carbocycles. The van der Waals surface area contributed by atoms with E-state index in [-0.39, 0.29) is 52.6 Å². The predicted octanol–water partition coefficient (Wildman–Crippen LogP) is 2.34. The monoisotopic (exact) mass is 657 g/mol. The Hall–Kier alpha value is -3.48. The summed E-state index contributed by atoms with van der Waals surface area (Å²) in [7, 11) is -4.15. The summed E-state index contributed by atoms with van der Waals surface area (Å²) >= 11 is 0. The van der Waals surface area contributed by atoms with Crippen molar-refractivity contribution in [2.75, 3.05) is 6.54 Å². The molecule has 1 aliphatic heterocycles. The second-order valence-electron chi connectivity index (χ2n) is 15.5. The van der Waals surface area contributed by atoms with E-state index in [0.717, 1.165) is 12.8 Å². The van der Waals surface area contributed by atoms with Gasteiger partial charge in [-0.2, -0.15) is 0 Å². The molecule has 46 heavy (non-hydrogen) atoms. The van der Waals surface area contributed by atoms with Crippen molar-refractivity contribution in [3.63, 3.8) is 0 Å². The highest BCUT2D eigenvalue weighted by Crippen LogP contribution is 2.65. The van der Waals surface area contributed by atoms with Crippen LogP contribution in [0.3, 0.4) is 0 Å². The third-order valence-corrected chi connectivity index (χ3v) is 11.6. The minimum Gasteiger partial charge on any atom is -0.340 e. The van der Waals surface area contributed by atoms with Gasteiger partial charge in [-0.15, -0.1) is 0 Å². The van der Waals surface area contributed by atoms with Crippen molar-refractivity contribution in [2.45, 2.75) is 103 Å². The topological polar surface area (TPSA) is 171 Å². The van der Waals surface area contributed by atoms with Crippen LogP contribution in [0.4, 0.5) is 4.79 Å². The second kappa shape index (κ2) is 11.6. The second-order valence-corrected chi connectivity index (χ2v) is 17.2. The number of hydrogen-bond donors (Lipinski definition) is 4. The fourth-order valence-corrected chi connectivity index (χ4v) is 7.92. The standard InChI is InChI=1S/C33H47N5O7S/c1-18(2)23(25(39)19-13-14-19)34-30(43)35-26(31(3,4)5)28(41)38-17-21-22(32(21,6)7)24(38)27(40)36-33(15-16-33)29(42)37-46(44,45)20-11-9-8-10-12-20/h8-12,18-19,21-24,26H,13-17H2,1-7H3,(H,36,40)(H,37,42)(H2,34,35,43)/t21?,22?,23?,24?,26-/m1/s1. The molecule has 0 spiro atoms. The summed E-state index contributed by atoms with van der Waals surface area (Å²) in [4.78, 5) is 68.9. The van der Waals surface area contributed by atoms with E-state index in [1.165, 1.54) is 17.0 Å². The fraction of sp³-hybridized carbons (Fsp3) is 0.667. The van der Waals surface area contributed by atoms with Crippen molar-refractivity contribution in [2.24, 2.45) is 34.5 Å². The first kappa shape index (κ1) is 33.9. The summed E-state index contributed by atoms with van der Waals surface area (Å²) < 4.78 is 27.8. The van der Waals surface area contributed by atoms with Gasteiger partial charge in [-0.05, 0) is 66.4 Å². The molecule has 5 rings (SSSR count). The van der Waals surface area contributed by atoms with E-state index in [9.17, 15) is 32.4 Å². The van der Waals surface area contributed by atoms with E-state index >= 15 is 0 Å². The van der Waals surface area contributed by atoms with Crippen LogP contribution >= 0.6 is 0 Å². The van der Waals surface area contributed by atoms with Gasteiger partial charge in [0.05, 0.1) is 10.9 Å². The first-order valence-electron chi connectivity index (χ1n) is 16.2. The number of rotatable bonds is 11. The van der Waals surface area contributed by atoms with Crippen molar-refractivity contribution >= 4 is 39.6 Å². The van der Waals surface area contributed by atoms with Gasteiger partial charge in [-0.3, -0.25) is 19.2 Å². The molecule has 1 aromatic rings. The van der Waals surface area contributed by atoms with Crippen molar-refractivity contribution in [3.05, 3.63) is 30.3 Å². The molecule has 1 saturated heterocycles. The number of sulfonamides is 1. The number of nitrogens with one attached hydrogen (secondary N) is 4. The van der Waals surface area contributed by atoms with Gasteiger partial charge in [0.1, 0.15) is 17.6 Å². The number of carbonyl (C=O) groups is 5. The van der Waals surface area contributed by atoms with E-state index in [2.05, 4.69) is 20.7 Å². The molecule has 0 radical (unpaired) electrons. The number of ketones is 1. The Labute approximate surface area is 271 Å². The summed E-state index contributed by atoms with van der Waals surface area (Å²) in [5, 5.41) is 8.40. The minimum atomic E-state index is -4.15. The molecule has 4 aliphatic rings. The van der Waals surface area contributed by atoms with Crippen molar-refractivity contribution in [1.29, 1.82) is 0 Å². The maximum atomic E-state index is 14.2. The first-order chi connectivity index (χ1) is 21.3. The SMILES string of the molecule is CC(C)C(NC(=O)N[C@H](C(=O)N1CC2C(C1C(=O)NC1(C(=O)NS(=O)(=O)c3ccccc3)CC1)C2(C)C)C(C)(C)C)C(=O)C1CC1. The van der Waals surface area contributed by atoms with Crippen LogP contribution in [0.2, 0.25) is 0 Å². The summed E-state index contributed by atoms with van der Waals surface area (Å²) in [6.07, 6.45) is 2.15. The Morgan fingerprint density at radius 1 is 0.957 bits per heavy atom. The van der Waals surface area contributed by atoms with Crippen LogP contribution in [0.25, 0.3) is 0 Å². The molecule has 12 nitrogen and oxygen atoms in total. The van der Waals surface area contributed by atoms with Crippen molar-refractivity contribution in [1.82, 2.24) is 25.6 Å². The minimum absolute atomic E-state index is 0.00278. The number of carbonyl (C=O) groups excluding carboxylic acids is 5. The van der Waals surface area contributed by atoms with Crippen LogP contribution in [0, 0.1) is 34.5 Å². The molecule has 0 bridgehead atoms. The van der Waals surface area contributed by atoms with Gasteiger partial charge in [-0.1, -0.05) is 66.7 Å². The van der Waals surface area contributed by atoms with E-state index in [1.54, 1.807) is 18.2 Å². The molecule has 252 valence electrons. The van der Waals surface area contributed by atoms with Crippen molar-refractivity contribution < 1.29 is 32.4 Å². The molecule has 13 heteroatoms. The highest BCUT2D eigenvalue weighted by atomic mass is 32.2. The van der Waals surface area contributed by atoms with Crippen LogP contribution in [0.5, 0.6) is 0 Å². The lowest BCUT2D eigenvalue weighted by atomic mass is 9.85. The van der Waals surface area contributed by atoms with Crippen molar-refractivity contribution in [3.8, 4) is 0 Å². The number of likely N-dealkylation sites (tertiary alicyclic amines) is 1. The number of hydrogen-bond acceptors (Lipinski definition) is 7. The highest BCUT2D eigenvalue weighted by Gasteiger charge is 2.70. The van der Waals surface area contributed by atoms with E-state index in [1.807, 2.05) is 48.5 Å². The van der Waals surface area contributed by atoms with Gasteiger partial charge in [0, 0.05) is 12.5 Å². The zero-order valence-corrected chi connectivity index (χ0v) is 28.5. The van der Waals surface area contributed by atoms with Gasteiger partial charge >= 0.3 is 6.03 Å². The first-order valence-corrected chi connectivity index (χ1v) is 17.6. The number of Topliss-reactive ketones (excluding diaryl/α,β-unsaturated/α-hetero) is 1. The van der Waals surface area contributed by atoms with E-state index in [4.69, 9.17) is 0 Å². The molecule has 1 aromatic carbocycles. The number of fused-ring (bicyclic) bond motifs is 1. The lowest BCUT2D eigenvalue weighted by Gasteiger charge is -2.38. The number of amides is 5. The fourth-order valence-electron chi connectivity index (χ4n) is 6.85. The van der Waals surface area contributed by atoms with Crippen LogP contribution < -0.4 is 20.7 Å². The van der Waals surface area contributed by atoms with Gasteiger partial charge in [0.25, 0.3) is 15.9 Å². The molecule has 4 N–H and O–H groups in total. The maximum Gasteiger partial charge on any atom is 0.316 e. The normalized spacial score (nSPS) is 25.5. The molecule has 1 heterocycles. The molecule has 4 unspecified atom stereocenters. The van der Waals surface area contributed by atoms with E-state index < -0.39 is 62.9 Å². The maximum absolute atomic E-state index is 14.2. The Kier molecular flexibility index (Phi) is 8.57. The largest absolute Gasteiger partial charge is 0.340 e. The third kappa shape index (κ3) is 6.52. The average Bonchev–Trinajstić information content (AvgIpc) is 3.92. The molecular formula is C33H47N5O7S. The summed E-state index contributed by atoms with van der Waals surface area (Å²) in [5.74, 6) is -2.06. The number of nitrogens with zero attached hydrogens (tertiary/aromatic N) is 1. The Morgan fingerprint density at radius 2 is 1.57 bits per heavy atom. The number of piperidine rings is 1. The van der Waals surface area contributed by atoms with Gasteiger partial charge in [0.2, 0.25) is 11.8 Å². The number of urea groups is 1. The molecule has 5 amide bonds. The van der Waals surface area contributed by atoms with Crippen LogP contribution in [0.1, 0.15) is 74.1 Å². The molecular weight excluding hydrogens is 610 g/mol. The lowest BCUT2D eigenvalue weighted by molar-refractivity contribution is -0.144. The zero-order valence-electron chi connectivity index (χ0n) is 27.7. The Bertz CT molecular complexity index is 1530. The van der Waals surface area contributed by atoms with Crippen LogP contribution in [0.15, 0.2) is 35.2 Å². The lowest BCUT2D eigenvalue weighted by Crippen LogP contribution is -2.62. The summed E-state index contributed by atoms with van der Waals surface area (Å²) in [6.45, 7) is 13.6. The Balaban J connectivity index is 1.31. The van der Waals surface area contributed by atoms with Gasteiger partial charge < -0.3 is 20.9 Å². The Morgan fingerprint density at radius 3 is 2.09 bits per heavy atom. The van der Waals surface area contributed by atoms with E-state index in [0.29, 0.717) is 6.54 Å². The summed E-state index contributed by atoms with van der Waals surface area (Å²) in [5.41, 5.74) is -2.36. The third-order valence-electron chi connectivity index (χ3n) is 10.2. The predicted molar refractivity (Wildman–Crippen MR) is 169 cm³/mol. The van der Waals surface area contributed by atoms with Crippen LogP contribution in [-0.4, -0.2) is 73.1 Å². The van der Waals surface area contributed by atoms with Gasteiger partial charge in [0.15, 0.2) is 5.78 Å². The molecule has 0 aromatic heterocycles. The summed E-state index contributed by atoms with van der Waals surface area (Å²) in [6, 6.07) is 4.29. The average molecular weight is 658 g/mol. The zero-order chi connectivity index (χ0) is 34.0. The quantitative estimate of drug-likeness (QED) is 0.283. The molecule has 4 fully saturated rings. The number of benzene rings is 1. The van der Waals surface area contributed by atoms with Crippen LogP contribution in [-0.2, 0) is 29.2 Å².